The second-order valence-electron chi connectivity index (χ2n) is 5.48. The number of nitrogens with one attached hydrogen (secondary N) is 1. The highest BCUT2D eigenvalue weighted by Gasteiger charge is 2.01. The standard InChI is InChI=1S/C21H19N3O3/c1-2-26-18-9-4-16(5-10-18)6-13-20(25)24-17-7-11-19(12-8-17)27-21-22-14-3-15-23-21/h3-15H,2H2,1H3,(H,24,25)/b13-6+. The van der Waals surface area contributed by atoms with Crippen molar-refractivity contribution in [1.82, 2.24) is 9.97 Å². The van der Waals surface area contributed by atoms with Gasteiger partial charge in [-0.15, -0.1) is 0 Å². The average molecular weight is 361 g/mol. The maximum absolute atomic E-state index is 12.1. The molecule has 0 radical (unpaired) electrons. The summed E-state index contributed by atoms with van der Waals surface area (Å²) in [5, 5.41) is 2.80. The van der Waals surface area contributed by atoms with Crippen molar-refractivity contribution in [3.8, 4) is 17.5 Å². The predicted molar refractivity (Wildman–Crippen MR) is 104 cm³/mol. The topological polar surface area (TPSA) is 73.3 Å². The number of carbonyl (C=O) groups is 1. The normalized spacial score (nSPS) is 10.6. The predicted octanol–water partition coefficient (Wildman–Crippen LogP) is 4.32. The SMILES string of the molecule is CCOc1ccc(/C=C/C(=O)Nc2ccc(Oc3ncccn3)cc2)cc1. The number of carbonyl (C=O) groups excluding carboxylic acids is 1. The molecule has 2 aromatic carbocycles. The number of amides is 1. The van der Waals surface area contributed by atoms with E-state index in [9.17, 15) is 4.79 Å². The summed E-state index contributed by atoms with van der Waals surface area (Å²) in [7, 11) is 0. The Labute approximate surface area is 157 Å². The molecule has 1 heterocycles. The number of rotatable bonds is 7. The lowest BCUT2D eigenvalue weighted by molar-refractivity contribution is -0.111. The molecule has 0 unspecified atom stereocenters. The molecule has 0 atom stereocenters. The zero-order valence-corrected chi connectivity index (χ0v) is 14.8. The van der Waals surface area contributed by atoms with Gasteiger partial charge in [0, 0.05) is 24.2 Å². The van der Waals surface area contributed by atoms with Gasteiger partial charge in [0.05, 0.1) is 6.61 Å². The molecule has 1 amide bonds. The molecule has 27 heavy (non-hydrogen) atoms. The van der Waals surface area contributed by atoms with E-state index in [0.29, 0.717) is 18.0 Å². The Bertz CT molecular complexity index is 892. The smallest absolute Gasteiger partial charge is 0.321 e. The van der Waals surface area contributed by atoms with Crippen LogP contribution in [0.2, 0.25) is 0 Å². The van der Waals surface area contributed by atoms with E-state index < -0.39 is 0 Å². The van der Waals surface area contributed by atoms with Gasteiger partial charge in [-0.05, 0) is 61.0 Å². The van der Waals surface area contributed by atoms with E-state index in [0.717, 1.165) is 11.3 Å². The molecule has 0 bridgehead atoms. The Morgan fingerprint density at radius 2 is 1.67 bits per heavy atom. The minimum Gasteiger partial charge on any atom is -0.494 e. The zero-order valence-electron chi connectivity index (χ0n) is 14.8. The molecule has 6 heteroatoms. The molecular weight excluding hydrogens is 342 g/mol. The summed E-state index contributed by atoms with van der Waals surface area (Å²) >= 11 is 0. The molecule has 6 nitrogen and oxygen atoms in total. The van der Waals surface area contributed by atoms with Crippen LogP contribution in [-0.2, 0) is 4.79 Å². The molecule has 0 fully saturated rings. The molecule has 0 spiro atoms. The third-order valence-corrected chi connectivity index (χ3v) is 3.49. The third kappa shape index (κ3) is 5.67. The van der Waals surface area contributed by atoms with Gasteiger partial charge in [0.25, 0.3) is 0 Å². The maximum Gasteiger partial charge on any atom is 0.321 e. The van der Waals surface area contributed by atoms with Crippen LogP contribution in [0.3, 0.4) is 0 Å². The minimum atomic E-state index is -0.219. The lowest BCUT2D eigenvalue weighted by Crippen LogP contribution is -2.07. The molecule has 0 saturated heterocycles. The van der Waals surface area contributed by atoms with Crippen molar-refractivity contribution in [3.05, 3.63) is 78.6 Å². The fourth-order valence-electron chi connectivity index (χ4n) is 2.25. The van der Waals surface area contributed by atoms with Crippen molar-refractivity contribution in [2.75, 3.05) is 11.9 Å². The summed E-state index contributed by atoms with van der Waals surface area (Å²) in [6.45, 7) is 2.56. The van der Waals surface area contributed by atoms with Crippen LogP contribution in [0.1, 0.15) is 12.5 Å². The highest BCUT2D eigenvalue weighted by atomic mass is 16.5. The van der Waals surface area contributed by atoms with Crippen LogP contribution in [-0.4, -0.2) is 22.5 Å². The number of ether oxygens (including phenoxy) is 2. The first-order chi connectivity index (χ1) is 13.2. The van der Waals surface area contributed by atoms with Crippen LogP contribution in [0.15, 0.2) is 73.1 Å². The Hall–Kier alpha value is -3.67. The Balaban J connectivity index is 1.54. The van der Waals surface area contributed by atoms with Crippen molar-refractivity contribution in [2.24, 2.45) is 0 Å². The van der Waals surface area contributed by atoms with E-state index in [2.05, 4.69) is 15.3 Å². The highest BCUT2D eigenvalue weighted by Crippen LogP contribution is 2.20. The molecule has 0 saturated carbocycles. The van der Waals surface area contributed by atoms with Crippen LogP contribution in [0.5, 0.6) is 17.5 Å². The summed E-state index contributed by atoms with van der Waals surface area (Å²) in [4.78, 5) is 20.0. The number of anilines is 1. The Kier molecular flexibility index (Phi) is 6.14. The van der Waals surface area contributed by atoms with Crippen LogP contribution in [0, 0.1) is 0 Å². The van der Waals surface area contributed by atoms with Crippen LogP contribution >= 0.6 is 0 Å². The molecule has 1 aromatic heterocycles. The summed E-state index contributed by atoms with van der Waals surface area (Å²) < 4.78 is 10.9. The van der Waals surface area contributed by atoms with Crippen molar-refractivity contribution in [1.29, 1.82) is 0 Å². The molecule has 3 aromatic rings. The van der Waals surface area contributed by atoms with Crippen molar-refractivity contribution in [3.63, 3.8) is 0 Å². The lowest BCUT2D eigenvalue weighted by Gasteiger charge is -2.05. The van der Waals surface area contributed by atoms with Crippen molar-refractivity contribution < 1.29 is 14.3 Å². The molecule has 1 N–H and O–H groups in total. The largest absolute Gasteiger partial charge is 0.494 e. The summed E-state index contributed by atoms with van der Waals surface area (Å²) in [6, 6.07) is 16.5. The van der Waals surface area contributed by atoms with E-state index in [4.69, 9.17) is 9.47 Å². The van der Waals surface area contributed by atoms with Gasteiger partial charge in [-0.25, -0.2) is 9.97 Å². The highest BCUT2D eigenvalue weighted by molar-refractivity contribution is 6.01. The summed E-state index contributed by atoms with van der Waals surface area (Å²) in [5.74, 6) is 1.18. The first kappa shape index (κ1) is 18.1. The number of aromatic nitrogens is 2. The van der Waals surface area contributed by atoms with Gasteiger partial charge in [-0.2, -0.15) is 0 Å². The van der Waals surface area contributed by atoms with Gasteiger partial charge in [0.1, 0.15) is 11.5 Å². The Morgan fingerprint density at radius 1 is 1.00 bits per heavy atom. The number of benzene rings is 2. The molecule has 0 aliphatic heterocycles. The monoisotopic (exact) mass is 361 g/mol. The summed E-state index contributed by atoms with van der Waals surface area (Å²) in [6.07, 6.45) is 6.44. The average Bonchev–Trinajstić information content (AvgIpc) is 2.70. The van der Waals surface area contributed by atoms with Crippen LogP contribution in [0.25, 0.3) is 6.08 Å². The first-order valence-electron chi connectivity index (χ1n) is 8.50. The van der Waals surface area contributed by atoms with Crippen LogP contribution < -0.4 is 14.8 Å². The second kappa shape index (κ2) is 9.15. The van der Waals surface area contributed by atoms with E-state index >= 15 is 0 Å². The van der Waals surface area contributed by atoms with E-state index in [1.165, 1.54) is 6.08 Å². The lowest BCUT2D eigenvalue weighted by atomic mass is 10.2. The molecule has 0 aliphatic carbocycles. The van der Waals surface area contributed by atoms with Crippen molar-refractivity contribution >= 4 is 17.7 Å². The van der Waals surface area contributed by atoms with Gasteiger partial charge >= 0.3 is 6.01 Å². The third-order valence-electron chi connectivity index (χ3n) is 3.49. The Morgan fingerprint density at radius 3 is 2.33 bits per heavy atom. The zero-order chi connectivity index (χ0) is 18.9. The van der Waals surface area contributed by atoms with Crippen molar-refractivity contribution in [2.45, 2.75) is 6.92 Å². The fraction of sp³-hybridized carbons (Fsp3) is 0.0952. The fourth-order valence-corrected chi connectivity index (χ4v) is 2.25. The van der Waals surface area contributed by atoms with Crippen LogP contribution in [0.4, 0.5) is 5.69 Å². The van der Waals surface area contributed by atoms with Gasteiger partial charge in [0.15, 0.2) is 0 Å². The number of nitrogens with zero attached hydrogens (tertiary/aromatic N) is 2. The molecule has 136 valence electrons. The molecule has 3 rings (SSSR count). The summed E-state index contributed by atoms with van der Waals surface area (Å²) in [5.41, 5.74) is 1.58. The van der Waals surface area contributed by atoms with Gasteiger partial charge in [-0.1, -0.05) is 12.1 Å². The number of hydrogen-bond acceptors (Lipinski definition) is 5. The number of hydrogen-bond donors (Lipinski definition) is 1. The molecule has 0 aliphatic rings. The molecular formula is C21H19N3O3. The van der Waals surface area contributed by atoms with Gasteiger partial charge < -0.3 is 14.8 Å². The van der Waals surface area contributed by atoms with E-state index in [1.807, 2.05) is 31.2 Å². The minimum absolute atomic E-state index is 0.219. The maximum atomic E-state index is 12.1. The second-order valence-corrected chi connectivity index (χ2v) is 5.48. The van der Waals surface area contributed by atoms with Gasteiger partial charge in [0.2, 0.25) is 5.91 Å². The van der Waals surface area contributed by atoms with E-state index in [-0.39, 0.29) is 11.9 Å². The van der Waals surface area contributed by atoms with E-state index in [1.54, 1.807) is 48.8 Å². The quantitative estimate of drug-likeness (QED) is 0.635. The van der Waals surface area contributed by atoms with Gasteiger partial charge in [-0.3, -0.25) is 4.79 Å². The first-order valence-corrected chi connectivity index (χ1v) is 8.50.